The van der Waals surface area contributed by atoms with Gasteiger partial charge in [0.25, 0.3) is 0 Å². The number of aliphatic hydroxyl groups is 1. The molecular formula is C103H111F3N14O14S2. The Balaban J connectivity index is 0.000000155. The second kappa shape index (κ2) is 40.2. The van der Waals surface area contributed by atoms with Gasteiger partial charge in [-0.1, -0.05) is 75.4 Å². The van der Waals surface area contributed by atoms with Crippen LogP contribution in [-0.2, 0) is 67.5 Å². The summed E-state index contributed by atoms with van der Waals surface area (Å²) in [6.45, 7) is 16.6. The molecule has 0 radical (unpaired) electrons. The van der Waals surface area contributed by atoms with Gasteiger partial charge >= 0.3 is 18.3 Å². The minimum Gasteiger partial charge on any atom is -0.487 e. The maximum absolute atomic E-state index is 15.5. The predicted octanol–water partition coefficient (Wildman–Crippen LogP) is 18.6. The number of nitrogens with zero attached hydrogens (tertiary/aromatic N) is 5. The number of sulfone groups is 1. The molecule has 0 saturated heterocycles. The van der Waals surface area contributed by atoms with Gasteiger partial charge in [0.15, 0.2) is 27.2 Å². The number of likely N-dealkylation sites (N-methyl/N-ethyl adjacent to an activating group) is 2. The number of Topliss-reactive ketones (excluding diaryl/α,β-unsaturated/α-hetero) is 1. The smallest absolute Gasteiger partial charge is 0.411 e. The van der Waals surface area contributed by atoms with Gasteiger partial charge < -0.3 is 67.0 Å². The first-order chi connectivity index (χ1) is 64.7. The summed E-state index contributed by atoms with van der Waals surface area (Å²) in [4.78, 5) is 96.5. The lowest BCUT2D eigenvalue weighted by Crippen LogP contribution is -2.35. The summed E-state index contributed by atoms with van der Waals surface area (Å²) in [6.07, 6.45) is 5.41. The van der Waals surface area contributed by atoms with E-state index in [-0.39, 0.29) is 126 Å². The van der Waals surface area contributed by atoms with E-state index in [0.717, 1.165) is 93.2 Å². The van der Waals surface area contributed by atoms with E-state index in [9.17, 15) is 50.9 Å². The molecule has 2 saturated carbocycles. The second-order valence-corrected chi connectivity index (χ2v) is 41.2. The summed E-state index contributed by atoms with van der Waals surface area (Å²) in [5, 5.41) is 30.9. The molecule has 5 amide bonds. The highest BCUT2D eigenvalue weighted by Gasteiger charge is 2.37. The third kappa shape index (κ3) is 21.7. The molecule has 12 bridgehead atoms. The lowest BCUT2D eigenvalue weighted by Gasteiger charge is -2.28. The third-order valence-corrected chi connectivity index (χ3v) is 30.6. The summed E-state index contributed by atoms with van der Waals surface area (Å²) < 4.78 is 109. The number of aryl methyl sites for hydroxylation is 5. The maximum Gasteiger partial charge on any atom is 0.411 e. The van der Waals surface area contributed by atoms with E-state index in [1.165, 1.54) is 22.1 Å². The molecule has 33 heteroatoms. The van der Waals surface area contributed by atoms with Crippen LogP contribution >= 0.6 is 0 Å². The molecule has 28 nitrogen and oxygen atoms in total. The zero-order chi connectivity index (χ0) is 97.2. The van der Waals surface area contributed by atoms with Crippen molar-refractivity contribution in [2.75, 3.05) is 89.6 Å². The molecule has 9 heterocycles. The molecule has 136 heavy (non-hydrogen) atoms. The minimum atomic E-state index is -3.77. The molecule has 2 aliphatic carbocycles. The average Bonchev–Trinajstić information content (AvgIpc) is 1.55. The number of aliphatic hydroxyl groups excluding tert-OH is 1. The SMILES string of the molecule is C=S(=O)(c1ccc2cc1CCC(=O)[C@H](Nc1ccc3c(N)ncc(F)c3c1)c1ccc(c(C)c1)[C@@H](C)COC(=O)N2)C1CC1.Cc1cc2ccc1[C@@H](C)COC(=O)Nc1cc(C)c(S(=O)(=O)C(C)C)c(c1)CN(C)C(=O)[C@@H]2Nc1cc(F)c2c(N)nccc2c1.Cc1cc2ccc1[C@@H](C)COC(=O)Nc1cc(F)c(OC[C@@H](O)C3CC3)c(c1)CN(C)C(=O)[C@@H]2Nc1ccc2c(N)nccc2c1. The number of anilines is 9. The van der Waals surface area contributed by atoms with Crippen LogP contribution in [0.15, 0.2) is 186 Å². The molecule has 8 atom stereocenters. The number of nitrogens with one attached hydrogen (secondary N) is 6. The van der Waals surface area contributed by atoms with E-state index >= 15 is 8.78 Å². The highest BCUT2D eigenvalue weighted by atomic mass is 32.2. The van der Waals surface area contributed by atoms with Crippen molar-refractivity contribution < 1.29 is 78.6 Å². The van der Waals surface area contributed by atoms with Crippen LogP contribution in [0.3, 0.4) is 0 Å². The van der Waals surface area contributed by atoms with Crippen LogP contribution < -0.4 is 53.8 Å². The number of nitrogen functional groups attached to an aromatic ring is 3. The number of benzene rings is 9. The Morgan fingerprint density at radius 2 is 1.00 bits per heavy atom. The fourth-order valence-electron chi connectivity index (χ4n) is 17.8. The van der Waals surface area contributed by atoms with Gasteiger partial charge in [0.2, 0.25) is 11.8 Å². The van der Waals surface area contributed by atoms with Gasteiger partial charge in [-0.25, -0.2) is 50.9 Å². The van der Waals surface area contributed by atoms with Gasteiger partial charge in [-0.05, 0) is 270 Å². The van der Waals surface area contributed by atoms with E-state index in [4.69, 9.17) is 36.1 Å². The first-order valence-electron chi connectivity index (χ1n) is 45.0. The summed E-state index contributed by atoms with van der Waals surface area (Å²) in [5.41, 5.74) is 30.1. The highest BCUT2D eigenvalue weighted by molar-refractivity contribution is 8.01. The van der Waals surface area contributed by atoms with Gasteiger partial charge in [0, 0.05) is 136 Å². The number of fused-ring (bicyclic) bond motifs is 30. The van der Waals surface area contributed by atoms with Crippen LogP contribution in [0.1, 0.15) is 175 Å². The molecule has 710 valence electrons. The normalized spacial score (nSPS) is 19.2. The van der Waals surface area contributed by atoms with Crippen molar-refractivity contribution in [3.05, 3.63) is 266 Å². The first kappa shape index (κ1) is 96.5. The third-order valence-electron chi connectivity index (χ3n) is 25.5. The van der Waals surface area contributed by atoms with Crippen LogP contribution in [0.4, 0.5) is 79.1 Å². The Labute approximate surface area is 787 Å². The van der Waals surface area contributed by atoms with Crippen molar-refractivity contribution in [3.8, 4) is 5.75 Å². The maximum atomic E-state index is 15.5. The van der Waals surface area contributed by atoms with Gasteiger partial charge in [-0.2, -0.15) is 0 Å². The molecule has 3 aromatic heterocycles. The number of nitrogens with two attached hydrogens (primary N) is 3. The minimum absolute atomic E-state index is 0.00788. The zero-order valence-corrected chi connectivity index (χ0v) is 79.0. The predicted molar refractivity (Wildman–Crippen MR) is 525 cm³/mol. The fraction of sp³-hybridized carbons (Fsp3) is 0.320. The van der Waals surface area contributed by atoms with Crippen LogP contribution in [0.2, 0.25) is 0 Å². The Morgan fingerprint density at radius 3 is 1.57 bits per heavy atom. The van der Waals surface area contributed by atoms with Gasteiger partial charge in [0.05, 0.1) is 47.7 Å². The summed E-state index contributed by atoms with van der Waals surface area (Å²) in [6, 6.07) is 42.9. The molecular weight excluding hydrogens is 1780 g/mol. The topological polar surface area (TPSA) is 406 Å². The molecule has 8 aliphatic rings. The largest absolute Gasteiger partial charge is 0.487 e. The zero-order valence-electron chi connectivity index (χ0n) is 77.4. The van der Waals surface area contributed by atoms with Crippen LogP contribution in [-0.4, -0.2) is 141 Å². The van der Waals surface area contributed by atoms with E-state index in [1.807, 2.05) is 120 Å². The van der Waals surface area contributed by atoms with Crippen molar-refractivity contribution in [1.29, 1.82) is 0 Å². The lowest BCUT2D eigenvalue weighted by molar-refractivity contribution is -0.132. The number of carbonyl (C=O) groups excluding carboxylic acids is 6. The van der Waals surface area contributed by atoms with Gasteiger partial charge in [-0.15, -0.1) is 0 Å². The molecule has 13 N–H and O–H groups in total. The second-order valence-electron chi connectivity index (χ2n) is 36.2. The fourth-order valence-corrected chi connectivity index (χ4v) is 21.5. The molecule has 2 fully saturated rings. The number of pyridine rings is 3. The molecule has 1 unspecified atom stereocenters. The molecule has 12 aromatic rings. The van der Waals surface area contributed by atoms with Crippen LogP contribution in [0, 0.1) is 51.1 Å². The number of halogens is 3. The number of carbonyl (C=O) groups is 6. The molecule has 0 spiro atoms. The van der Waals surface area contributed by atoms with Crippen LogP contribution in [0.5, 0.6) is 5.75 Å². The Bertz CT molecular complexity index is 6960. The standard InChI is InChI=1S/C35H38FN5O5.C34H38FN5O5S.C34H35FN4O4S/c1-19-12-23-6-8-27(19)20(2)17-46-35(44)40-26-14-24(32(29(36)15-26)45-18-30(42)21-4-5-21)16-41(3)34(43)31(23)39-25-7-9-28-22(13-25)10-11-38-33(28)37;1-18(2)46(43,44)31-20(4)12-25-14-24(31)16-40(6)33(41)30(38-26-13-22-9-10-37-32(36)29(22)28(35)15-26)23-7-8-27(19(3)11-23)21(5)17-45-34(42)39-25;1-19-14-22-4-10-26(19)20(2)18-43-34(41)39-23-7-13-31(44(3,42)25-8-9-25)21(15-23)5-12-30(40)32(22)38-24-6-11-27-28(16-24)29(35)17-37-33(27)36/h6-15,20-21,30-31,39,42H,4-5,16-18H2,1-3H3,(H2,37,38)(H,40,44);7-15,18,21,30,38H,16-17H2,1-6H3,(H2,36,37)(H,39,42);4,6-7,10-11,13-17,20,25,32,38H,3,5,8-9,12,18H2,1-2H3,(H2,36,37)(H,39,41)/t20-,30+,31+;21-,30+;20-,32+,44?/m000/s1. The quantitative estimate of drug-likeness (QED) is 0.0357. The van der Waals surface area contributed by atoms with Crippen molar-refractivity contribution in [2.45, 2.75) is 176 Å². The number of hydrogen-bond donors (Lipinski definition) is 10. The van der Waals surface area contributed by atoms with Crippen molar-refractivity contribution in [2.24, 2.45) is 5.92 Å². The molecule has 9 aromatic carbocycles. The Kier molecular flexibility index (Phi) is 28.6. The Hall–Kier alpha value is -14.1. The molecule has 6 aliphatic heterocycles. The average molecular weight is 1890 g/mol. The van der Waals surface area contributed by atoms with Crippen molar-refractivity contribution in [3.63, 3.8) is 0 Å². The number of aromatic nitrogens is 3. The lowest BCUT2D eigenvalue weighted by atomic mass is 9.91. The van der Waals surface area contributed by atoms with Gasteiger partial charge in [0.1, 0.15) is 53.8 Å². The number of amides is 5. The Morgan fingerprint density at radius 1 is 0.507 bits per heavy atom. The summed E-state index contributed by atoms with van der Waals surface area (Å²) in [5.74, 6) is 1.86. The summed E-state index contributed by atoms with van der Waals surface area (Å²) in [7, 11) is -3.14. The van der Waals surface area contributed by atoms with Crippen molar-refractivity contribution >= 4 is 145 Å². The monoisotopic (exact) mass is 1890 g/mol. The van der Waals surface area contributed by atoms with E-state index in [1.54, 1.807) is 108 Å². The van der Waals surface area contributed by atoms with E-state index < -0.39 is 84.6 Å². The van der Waals surface area contributed by atoms with Crippen LogP contribution in [0.25, 0.3) is 32.3 Å². The van der Waals surface area contributed by atoms with Gasteiger partial charge in [-0.3, -0.25) is 34.5 Å². The van der Waals surface area contributed by atoms with E-state index in [2.05, 4.69) is 52.7 Å². The van der Waals surface area contributed by atoms with E-state index in [0.29, 0.717) is 89.5 Å². The highest BCUT2D eigenvalue weighted by Crippen LogP contribution is 2.42. The number of ketones is 1. The number of ether oxygens (including phenoxy) is 4. The molecule has 20 rings (SSSR count). The first-order valence-corrected chi connectivity index (χ1v) is 48.4. The van der Waals surface area contributed by atoms with Crippen molar-refractivity contribution in [1.82, 2.24) is 24.8 Å². The number of hydrogen-bond acceptors (Lipinski definition) is 23. The summed E-state index contributed by atoms with van der Waals surface area (Å²) >= 11 is 0. The number of rotatable bonds is 14.